The molecule has 1 aliphatic rings. The van der Waals surface area contributed by atoms with E-state index in [1.54, 1.807) is 24.3 Å². The molecule has 7 nitrogen and oxygen atoms in total. The smallest absolute Gasteiger partial charge is 0.163 e. The molecule has 1 saturated heterocycles. The lowest BCUT2D eigenvalue weighted by Crippen LogP contribution is -2.23. The first kappa shape index (κ1) is 15.8. The van der Waals surface area contributed by atoms with Crippen molar-refractivity contribution in [3.63, 3.8) is 0 Å². The van der Waals surface area contributed by atoms with Crippen LogP contribution in [0.5, 0.6) is 5.75 Å². The van der Waals surface area contributed by atoms with Crippen molar-refractivity contribution in [2.45, 2.75) is 25.4 Å². The predicted octanol–water partition coefficient (Wildman–Crippen LogP) is 2.17. The van der Waals surface area contributed by atoms with Crippen LogP contribution in [0.25, 0.3) is 11.0 Å². The van der Waals surface area contributed by atoms with Crippen molar-refractivity contribution in [3.05, 3.63) is 42.4 Å². The number of benzene rings is 1. The van der Waals surface area contributed by atoms with E-state index in [4.69, 9.17) is 4.74 Å². The summed E-state index contributed by atoms with van der Waals surface area (Å²) in [5, 5.41) is 14.5. The zero-order valence-corrected chi connectivity index (χ0v) is 14.2. The number of aromatic nitrogens is 4. The summed E-state index contributed by atoms with van der Waals surface area (Å²) in [6, 6.07) is 8.52. The highest BCUT2D eigenvalue weighted by atomic mass is 16.5. The molecule has 1 atom stereocenters. The number of aliphatic hydroxyl groups is 1. The largest absolute Gasteiger partial charge is 0.497 e. The second kappa shape index (κ2) is 6.68. The molecule has 3 heterocycles. The molecule has 1 fully saturated rings. The van der Waals surface area contributed by atoms with Crippen LogP contribution in [0.3, 0.4) is 0 Å². The van der Waals surface area contributed by atoms with Gasteiger partial charge in [0.2, 0.25) is 0 Å². The maximum Gasteiger partial charge on any atom is 0.163 e. The average molecular weight is 339 g/mol. The van der Waals surface area contributed by atoms with Gasteiger partial charge in [-0.05, 0) is 30.5 Å². The Balaban J connectivity index is 1.71. The molecule has 4 rings (SSSR count). The molecule has 130 valence electrons. The van der Waals surface area contributed by atoms with Gasteiger partial charge in [0.1, 0.15) is 17.9 Å². The van der Waals surface area contributed by atoms with Crippen LogP contribution in [0.4, 0.5) is 5.82 Å². The molecule has 2 aromatic heterocycles. The molecule has 0 spiro atoms. The van der Waals surface area contributed by atoms with E-state index in [2.05, 4.69) is 32.1 Å². The number of methoxy groups -OCH3 is 1. The van der Waals surface area contributed by atoms with Gasteiger partial charge in [-0.15, -0.1) is 0 Å². The second-order valence-corrected chi connectivity index (χ2v) is 6.15. The highest BCUT2D eigenvalue weighted by Gasteiger charge is 2.29. The minimum Gasteiger partial charge on any atom is -0.497 e. The van der Waals surface area contributed by atoms with E-state index in [0.29, 0.717) is 6.54 Å². The number of rotatable bonds is 5. The van der Waals surface area contributed by atoms with Gasteiger partial charge in [-0.1, -0.05) is 12.1 Å². The summed E-state index contributed by atoms with van der Waals surface area (Å²) in [4.78, 5) is 11.2. The minimum absolute atomic E-state index is 0.0360. The van der Waals surface area contributed by atoms with E-state index in [9.17, 15) is 5.11 Å². The topological polar surface area (TPSA) is 76.3 Å². The van der Waals surface area contributed by atoms with Crippen LogP contribution in [-0.4, -0.2) is 45.1 Å². The molecule has 0 amide bonds. The van der Waals surface area contributed by atoms with Crippen molar-refractivity contribution in [1.82, 2.24) is 19.7 Å². The predicted molar refractivity (Wildman–Crippen MR) is 94.7 cm³/mol. The van der Waals surface area contributed by atoms with Gasteiger partial charge in [0, 0.05) is 6.54 Å². The van der Waals surface area contributed by atoms with Crippen molar-refractivity contribution in [2.75, 3.05) is 25.2 Å². The third kappa shape index (κ3) is 2.80. The first-order valence-corrected chi connectivity index (χ1v) is 8.50. The summed E-state index contributed by atoms with van der Waals surface area (Å²) in [6.07, 6.45) is 5.58. The standard InChI is InChI=1S/C18H21N5O2/c1-25-14-6-4-13(5-7-14)16-3-2-8-22(16)17-15-11-21-23(9-10-24)18(15)20-12-19-17/h4-7,11-12,16,24H,2-3,8-10H2,1H3/t16-/m0/s1. The number of nitrogens with zero attached hydrogens (tertiary/aromatic N) is 5. The summed E-state index contributed by atoms with van der Waals surface area (Å²) in [7, 11) is 1.68. The number of hydrogen-bond acceptors (Lipinski definition) is 6. The van der Waals surface area contributed by atoms with Gasteiger partial charge >= 0.3 is 0 Å². The molecule has 25 heavy (non-hydrogen) atoms. The molecule has 0 aliphatic carbocycles. The van der Waals surface area contributed by atoms with E-state index in [1.165, 1.54) is 5.56 Å². The van der Waals surface area contributed by atoms with Crippen LogP contribution in [-0.2, 0) is 6.54 Å². The quantitative estimate of drug-likeness (QED) is 0.768. The fourth-order valence-corrected chi connectivity index (χ4v) is 3.56. The fraction of sp³-hybridized carbons (Fsp3) is 0.389. The normalized spacial score (nSPS) is 17.4. The molecule has 1 aliphatic heterocycles. The van der Waals surface area contributed by atoms with Crippen LogP contribution < -0.4 is 9.64 Å². The Morgan fingerprint density at radius 1 is 1.24 bits per heavy atom. The number of aliphatic hydroxyl groups excluding tert-OH is 1. The number of hydrogen-bond donors (Lipinski definition) is 1. The maximum absolute atomic E-state index is 9.19. The molecule has 7 heteroatoms. The van der Waals surface area contributed by atoms with Crippen molar-refractivity contribution < 1.29 is 9.84 Å². The Bertz CT molecular complexity index is 862. The molecule has 1 aromatic carbocycles. The molecule has 0 radical (unpaired) electrons. The zero-order valence-electron chi connectivity index (χ0n) is 14.2. The molecule has 1 N–H and O–H groups in total. The minimum atomic E-state index is 0.0360. The second-order valence-electron chi connectivity index (χ2n) is 6.15. The van der Waals surface area contributed by atoms with E-state index < -0.39 is 0 Å². The van der Waals surface area contributed by atoms with Crippen LogP contribution in [0.1, 0.15) is 24.4 Å². The lowest BCUT2D eigenvalue weighted by molar-refractivity contribution is 0.271. The molecule has 0 saturated carbocycles. The van der Waals surface area contributed by atoms with Crippen molar-refractivity contribution in [2.24, 2.45) is 0 Å². The van der Waals surface area contributed by atoms with Gasteiger partial charge in [0.15, 0.2) is 5.65 Å². The van der Waals surface area contributed by atoms with Crippen LogP contribution in [0.2, 0.25) is 0 Å². The van der Waals surface area contributed by atoms with Gasteiger partial charge < -0.3 is 14.7 Å². The molecule has 3 aromatic rings. The van der Waals surface area contributed by atoms with Crippen molar-refractivity contribution >= 4 is 16.9 Å². The van der Waals surface area contributed by atoms with Crippen molar-refractivity contribution in [1.29, 1.82) is 0 Å². The van der Waals surface area contributed by atoms with Crippen LogP contribution in [0.15, 0.2) is 36.8 Å². The van der Waals surface area contributed by atoms with Gasteiger partial charge in [0.05, 0.1) is 37.9 Å². The van der Waals surface area contributed by atoms with Gasteiger partial charge in [-0.2, -0.15) is 5.10 Å². The lowest BCUT2D eigenvalue weighted by atomic mass is 10.0. The highest BCUT2D eigenvalue weighted by molar-refractivity contribution is 5.87. The van der Waals surface area contributed by atoms with Gasteiger partial charge in [-0.25, -0.2) is 14.6 Å². The van der Waals surface area contributed by atoms with E-state index in [-0.39, 0.29) is 12.6 Å². The Labute approximate surface area is 145 Å². The van der Waals surface area contributed by atoms with E-state index >= 15 is 0 Å². The third-order valence-electron chi connectivity index (χ3n) is 4.75. The first-order chi connectivity index (χ1) is 12.3. The number of ether oxygens (including phenoxy) is 1. The molecule has 0 bridgehead atoms. The zero-order chi connectivity index (χ0) is 17.2. The van der Waals surface area contributed by atoms with Gasteiger partial charge in [-0.3, -0.25) is 0 Å². The summed E-state index contributed by atoms with van der Waals surface area (Å²) < 4.78 is 6.98. The fourth-order valence-electron chi connectivity index (χ4n) is 3.56. The SMILES string of the molecule is COc1ccc([C@@H]2CCCN2c2ncnc3c2cnn3CCO)cc1. The Kier molecular flexibility index (Phi) is 4.23. The van der Waals surface area contributed by atoms with Crippen LogP contribution >= 0.6 is 0 Å². The monoisotopic (exact) mass is 339 g/mol. The summed E-state index contributed by atoms with van der Waals surface area (Å²) in [5.74, 6) is 1.77. The van der Waals surface area contributed by atoms with E-state index in [0.717, 1.165) is 42.0 Å². The summed E-state index contributed by atoms with van der Waals surface area (Å²) >= 11 is 0. The number of fused-ring (bicyclic) bond motifs is 1. The highest BCUT2D eigenvalue weighted by Crippen LogP contribution is 2.38. The van der Waals surface area contributed by atoms with Gasteiger partial charge in [0.25, 0.3) is 0 Å². The Morgan fingerprint density at radius 2 is 2.08 bits per heavy atom. The van der Waals surface area contributed by atoms with E-state index in [1.807, 2.05) is 12.1 Å². The first-order valence-electron chi connectivity index (χ1n) is 8.50. The van der Waals surface area contributed by atoms with Crippen LogP contribution in [0, 0.1) is 0 Å². The Hall–Kier alpha value is -2.67. The number of anilines is 1. The molecular formula is C18H21N5O2. The summed E-state index contributed by atoms with van der Waals surface area (Å²) in [5.41, 5.74) is 2.02. The maximum atomic E-state index is 9.19. The van der Waals surface area contributed by atoms with Crippen molar-refractivity contribution in [3.8, 4) is 5.75 Å². The Morgan fingerprint density at radius 3 is 2.84 bits per heavy atom. The molecular weight excluding hydrogens is 318 g/mol. The molecule has 0 unspecified atom stereocenters. The third-order valence-corrected chi connectivity index (χ3v) is 4.75. The lowest BCUT2D eigenvalue weighted by Gasteiger charge is -2.26. The average Bonchev–Trinajstić information content (AvgIpc) is 3.29. The summed E-state index contributed by atoms with van der Waals surface area (Å²) in [6.45, 7) is 1.42.